The standard InChI is InChI=1S/C18H17N3O6S/c1-12(22)13-3-2-4-15(9-13)19-17(23)11-27-18(24)14-5-6-16-20-28(25,26)8-7-21(16)10-14/h2-6,9-10H,7-8,11H2,1H3,(H,19,23). The summed E-state index contributed by atoms with van der Waals surface area (Å²) in [5.74, 6) is -1.33. The second kappa shape index (κ2) is 7.77. The summed E-state index contributed by atoms with van der Waals surface area (Å²) >= 11 is 0. The highest BCUT2D eigenvalue weighted by Gasteiger charge is 2.25. The molecule has 0 spiro atoms. The number of sulfonamides is 1. The molecule has 9 nitrogen and oxygen atoms in total. The molecule has 2 heterocycles. The topological polar surface area (TPSA) is 122 Å². The number of fused-ring (bicyclic) bond motifs is 1. The molecule has 0 fully saturated rings. The van der Waals surface area contributed by atoms with E-state index in [0.717, 1.165) is 0 Å². The van der Waals surface area contributed by atoms with Crippen molar-refractivity contribution in [3.05, 3.63) is 53.8 Å². The molecule has 0 saturated heterocycles. The van der Waals surface area contributed by atoms with Crippen LogP contribution in [0, 0.1) is 0 Å². The van der Waals surface area contributed by atoms with Crippen LogP contribution in [0.3, 0.4) is 0 Å². The summed E-state index contributed by atoms with van der Waals surface area (Å²) in [6.45, 7) is 1.08. The Kier molecular flexibility index (Phi) is 5.41. The summed E-state index contributed by atoms with van der Waals surface area (Å²) in [5, 5.41) is 2.55. The SMILES string of the molecule is CC(=O)c1cccc(NC(=O)COC(=O)C2=CN3CCS(=O)(=O)N=C3C=C2)c1. The number of carbonyl (C=O) groups is 3. The molecule has 2 aliphatic rings. The fraction of sp³-hybridized carbons (Fsp3) is 0.222. The van der Waals surface area contributed by atoms with Gasteiger partial charge in [-0.3, -0.25) is 9.59 Å². The van der Waals surface area contributed by atoms with Gasteiger partial charge in [-0.1, -0.05) is 12.1 Å². The second-order valence-electron chi connectivity index (χ2n) is 6.11. The third-order valence-corrected chi connectivity index (χ3v) is 5.11. The maximum absolute atomic E-state index is 12.1. The highest BCUT2D eigenvalue weighted by atomic mass is 32.2. The summed E-state index contributed by atoms with van der Waals surface area (Å²) < 4.78 is 31.6. The van der Waals surface area contributed by atoms with E-state index in [-0.39, 0.29) is 29.5 Å². The van der Waals surface area contributed by atoms with Gasteiger partial charge in [-0.25, -0.2) is 13.2 Å². The van der Waals surface area contributed by atoms with Crippen LogP contribution in [0.5, 0.6) is 0 Å². The minimum absolute atomic E-state index is 0.132. The number of hydrogen-bond acceptors (Lipinski definition) is 7. The van der Waals surface area contributed by atoms with E-state index in [1.807, 2.05) is 0 Å². The molecule has 1 amide bonds. The van der Waals surface area contributed by atoms with Crippen LogP contribution in [0.25, 0.3) is 0 Å². The van der Waals surface area contributed by atoms with E-state index in [9.17, 15) is 22.8 Å². The van der Waals surface area contributed by atoms with E-state index < -0.39 is 28.5 Å². The van der Waals surface area contributed by atoms with Gasteiger partial charge >= 0.3 is 5.97 Å². The molecular weight excluding hydrogens is 386 g/mol. The number of carbonyl (C=O) groups excluding carboxylic acids is 3. The molecule has 146 valence electrons. The highest BCUT2D eigenvalue weighted by Crippen LogP contribution is 2.17. The number of amides is 1. The molecule has 0 atom stereocenters. The van der Waals surface area contributed by atoms with Gasteiger partial charge in [-0.2, -0.15) is 0 Å². The van der Waals surface area contributed by atoms with E-state index >= 15 is 0 Å². The number of benzene rings is 1. The molecule has 28 heavy (non-hydrogen) atoms. The summed E-state index contributed by atoms with van der Waals surface area (Å²) in [4.78, 5) is 37.0. The van der Waals surface area contributed by atoms with E-state index in [0.29, 0.717) is 11.3 Å². The predicted molar refractivity (Wildman–Crippen MR) is 101 cm³/mol. The van der Waals surface area contributed by atoms with E-state index in [4.69, 9.17) is 4.74 Å². The van der Waals surface area contributed by atoms with Crippen LogP contribution >= 0.6 is 0 Å². The zero-order chi connectivity index (χ0) is 20.3. The van der Waals surface area contributed by atoms with Gasteiger partial charge in [0.25, 0.3) is 15.9 Å². The number of anilines is 1. The normalized spacial score (nSPS) is 17.1. The molecule has 3 rings (SSSR count). The zero-order valence-electron chi connectivity index (χ0n) is 14.9. The number of ketones is 1. The molecule has 0 aromatic heterocycles. The molecule has 1 N–H and O–H groups in total. The van der Waals surface area contributed by atoms with Crippen LogP contribution in [0.2, 0.25) is 0 Å². The van der Waals surface area contributed by atoms with Crippen LogP contribution < -0.4 is 5.32 Å². The van der Waals surface area contributed by atoms with Gasteiger partial charge in [0.1, 0.15) is 5.84 Å². The third kappa shape index (κ3) is 4.71. The molecule has 0 radical (unpaired) electrons. The fourth-order valence-electron chi connectivity index (χ4n) is 2.55. The quantitative estimate of drug-likeness (QED) is 0.572. The van der Waals surface area contributed by atoms with Gasteiger partial charge in [-0.05, 0) is 31.2 Å². The average Bonchev–Trinajstić information content (AvgIpc) is 2.65. The lowest BCUT2D eigenvalue weighted by atomic mass is 10.1. The monoisotopic (exact) mass is 403 g/mol. The van der Waals surface area contributed by atoms with Crippen LogP contribution in [-0.4, -0.2) is 55.7 Å². The number of Topliss-reactive ketones (excluding diaryl/α,β-unsaturated/α-hetero) is 1. The van der Waals surface area contributed by atoms with Crippen LogP contribution in [0.4, 0.5) is 5.69 Å². The minimum Gasteiger partial charge on any atom is -0.452 e. The molecular formula is C18H17N3O6S. The van der Waals surface area contributed by atoms with Crippen LogP contribution in [0.15, 0.2) is 52.6 Å². The maximum atomic E-state index is 12.1. The summed E-state index contributed by atoms with van der Waals surface area (Å²) in [6.07, 6.45) is 4.22. The van der Waals surface area contributed by atoms with Gasteiger partial charge < -0.3 is 15.0 Å². The first-order valence-corrected chi connectivity index (χ1v) is 9.91. The number of nitrogens with zero attached hydrogens (tertiary/aromatic N) is 2. The van der Waals surface area contributed by atoms with Gasteiger partial charge in [-0.15, -0.1) is 4.40 Å². The molecule has 0 saturated carbocycles. The molecule has 0 bridgehead atoms. The number of ether oxygens (including phenoxy) is 1. The number of amidine groups is 1. The summed E-state index contributed by atoms with van der Waals surface area (Å²) in [5.41, 5.74) is 1.04. The summed E-state index contributed by atoms with van der Waals surface area (Å²) in [7, 11) is -3.48. The van der Waals surface area contributed by atoms with Crippen molar-refractivity contribution in [3.8, 4) is 0 Å². The van der Waals surface area contributed by atoms with Crippen molar-refractivity contribution < 1.29 is 27.5 Å². The molecule has 2 aliphatic heterocycles. The van der Waals surface area contributed by atoms with Crippen molar-refractivity contribution in [1.82, 2.24) is 4.90 Å². The Balaban J connectivity index is 1.57. The van der Waals surface area contributed by atoms with Crippen molar-refractivity contribution in [2.75, 3.05) is 24.2 Å². The Morgan fingerprint density at radius 1 is 1.25 bits per heavy atom. The first-order valence-electron chi connectivity index (χ1n) is 8.31. The molecule has 0 aliphatic carbocycles. The highest BCUT2D eigenvalue weighted by molar-refractivity contribution is 7.90. The molecule has 0 unspecified atom stereocenters. The number of nitrogens with one attached hydrogen (secondary N) is 1. The van der Waals surface area contributed by atoms with Gasteiger partial charge in [0.15, 0.2) is 12.4 Å². The fourth-order valence-corrected chi connectivity index (χ4v) is 3.52. The lowest BCUT2D eigenvalue weighted by Crippen LogP contribution is -2.37. The minimum atomic E-state index is -3.48. The third-order valence-electron chi connectivity index (χ3n) is 3.95. The van der Waals surface area contributed by atoms with Crippen molar-refractivity contribution in [1.29, 1.82) is 0 Å². The Labute approximate surface area is 161 Å². The lowest BCUT2D eigenvalue weighted by Gasteiger charge is -2.26. The van der Waals surface area contributed by atoms with Crippen molar-refractivity contribution in [2.45, 2.75) is 6.92 Å². The first kappa shape index (κ1) is 19.5. The number of esters is 1. The Morgan fingerprint density at radius 3 is 2.79 bits per heavy atom. The Hall–Kier alpha value is -3.27. The largest absolute Gasteiger partial charge is 0.452 e. The van der Waals surface area contributed by atoms with Crippen LogP contribution in [0.1, 0.15) is 17.3 Å². The van der Waals surface area contributed by atoms with Gasteiger partial charge in [0.2, 0.25) is 0 Å². The molecule has 1 aromatic carbocycles. The lowest BCUT2D eigenvalue weighted by molar-refractivity contribution is -0.143. The maximum Gasteiger partial charge on any atom is 0.340 e. The molecule has 1 aromatic rings. The van der Waals surface area contributed by atoms with Crippen molar-refractivity contribution in [3.63, 3.8) is 0 Å². The van der Waals surface area contributed by atoms with Gasteiger partial charge in [0, 0.05) is 24.0 Å². The Bertz CT molecular complexity index is 1040. The number of rotatable bonds is 5. The van der Waals surface area contributed by atoms with E-state index in [2.05, 4.69) is 9.71 Å². The number of hydrogen-bond donors (Lipinski definition) is 1. The van der Waals surface area contributed by atoms with Crippen molar-refractivity contribution in [2.24, 2.45) is 4.40 Å². The second-order valence-corrected chi connectivity index (χ2v) is 7.86. The molecule has 10 heteroatoms. The first-order chi connectivity index (χ1) is 13.2. The van der Waals surface area contributed by atoms with E-state index in [1.165, 1.54) is 36.2 Å². The Morgan fingerprint density at radius 2 is 2.04 bits per heavy atom. The van der Waals surface area contributed by atoms with E-state index in [1.54, 1.807) is 18.2 Å². The smallest absolute Gasteiger partial charge is 0.340 e. The van der Waals surface area contributed by atoms with Gasteiger partial charge in [0.05, 0.1) is 11.3 Å². The predicted octanol–water partition coefficient (Wildman–Crippen LogP) is 0.868. The van der Waals surface area contributed by atoms with Crippen LogP contribution in [-0.2, 0) is 24.3 Å². The van der Waals surface area contributed by atoms with Crippen molar-refractivity contribution >= 4 is 39.2 Å². The average molecular weight is 403 g/mol. The zero-order valence-corrected chi connectivity index (χ0v) is 15.7. The summed E-state index contributed by atoms with van der Waals surface area (Å²) in [6, 6.07) is 6.40.